The lowest BCUT2D eigenvalue weighted by atomic mass is 9.95. The zero-order chi connectivity index (χ0) is 22.6. The summed E-state index contributed by atoms with van der Waals surface area (Å²) >= 11 is 0. The molecule has 3 rings (SSSR count). The van der Waals surface area contributed by atoms with Crippen LogP contribution in [0.4, 0.5) is 0 Å². The minimum Gasteiger partial charge on any atom is -0.360 e. The average Bonchev–Trinajstić information content (AvgIpc) is 2.72. The maximum atomic E-state index is 13.4. The van der Waals surface area contributed by atoms with Crippen molar-refractivity contribution in [3.05, 3.63) is 28.8 Å². The molecule has 2 aliphatic rings. The van der Waals surface area contributed by atoms with Crippen LogP contribution >= 0.6 is 0 Å². The van der Waals surface area contributed by atoms with Crippen LogP contribution in [0.2, 0.25) is 0 Å². The fraction of sp³-hybridized carbons (Fsp3) is 0.636. The Hall–Kier alpha value is -1.97. The topological polar surface area (TPSA) is 105 Å². The molecule has 0 bridgehead atoms. The van der Waals surface area contributed by atoms with E-state index >= 15 is 0 Å². The van der Waals surface area contributed by atoms with Gasteiger partial charge in [0.2, 0.25) is 10.0 Å². The normalized spacial score (nSPS) is 20.9. The van der Waals surface area contributed by atoms with E-state index in [0.29, 0.717) is 30.7 Å². The van der Waals surface area contributed by atoms with Gasteiger partial charge in [-0.3, -0.25) is 9.59 Å². The average molecular weight is 452 g/mol. The lowest BCUT2D eigenvalue weighted by Crippen LogP contribution is -2.53. The Balaban J connectivity index is 1.68. The van der Waals surface area contributed by atoms with Gasteiger partial charge in [0.05, 0.1) is 18.0 Å². The SMILES string of the molecule is Cc1cc(C)c(S(=O)(=O)N2CCCO[C@@H]2CNC(=O)C(=O)NC2CCCCC2)c(C)c1. The van der Waals surface area contributed by atoms with Gasteiger partial charge in [0.25, 0.3) is 0 Å². The van der Waals surface area contributed by atoms with Crippen LogP contribution in [-0.4, -0.2) is 56.5 Å². The van der Waals surface area contributed by atoms with Crippen molar-refractivity contribution in [1.82, 2.24) is 14.9 Å². The highest BCUT2D eigenvalue weighted by molar-refractivity contribution is 7.89. The van der Waals surface area contributed by atoms with E-state index in [-0.39, 0.29) is 17.5 Å². The quantitative estimate of drug-likeness (QED) is 0.666. The van der Waals surface area contributed by atoms with Crippen LogP contribution < -0.4 is 10.6 Å². The highest BCUT2D eigenvalue weighted by Gasteiger charge is 2.36. The van der Waals surface area contributed by atoms with E-state index < -0.39 is 28.1 Å². The van der Waals surface area contributed by atoms with Crippen molar-refractivity contribution in [3.63, 3.8) is 0 Å². The van der Waals surface area contributed by atoms with E-state index in [9.17, 15) is 18.0 Å². The van der Waals surface area contributed by atoms with Crippen molar-refractivity contribution < 1.29 is 22.7 Å². The van der Waals surface area contributed by atoms with Gasteiger partial charge in [-0.05, 0) is 51.2 Å². The van der Waals surface area contributed by atoms with Crippen LogP contribution in [-0.2, 0) is 24.3 Å². The first-order chi connectivity index (χ1) is 14.7. The summed E-state index contributed by atoms with van der Waals surface area (Å²) < 4.78 is 33.9. The molecule has 2 fully saturated rings. The van der Waals surface area contributed by atoms with Gasteiger partial charge in [-0.25, -0.2) is 8.42 Å². The Morgan fingerprint density at radius 3 is 2.32 bits per heavy atom. The third-order valence-electron chi connectivity index (χ3n) is 5.91. The Kier molecular flexibility index (Phi) is 7.72. The van der Waals surface area contributed by atoms with Crippen LogP contribution in [0.15, 0.2) is 17.0 Å². The summed E-state index contributed by atoms with van der Waals surface area (Å²) in [6, 6.07) is 3.72. The fourth-order valence-electron chi connectivity index (χ4n) is 4.55. The number of rotatable bonds is 5. The van der Waals surface area contributed by atoms with Gasteiger partial charge in [0.1, 0.15) is 6.23 Å². The monoisotopic (exact) mass is 451 g/mol. The van der Waals surface area contributed by atoms with Crippen LogP contribution in [0.3, 0.4) is 0 Å². The van der Waals surface area contributed by atoms with Crippen molar-refractivity contribution in [2.75, 3.05) is 19.7 Å². The highest BCUT2D eigenvalue weighted by Crippen LogP contribution is 2.28. The maximum absolute atomic E-state index is 13.4. The molecule has 1 heterocycles. The summed E-state index contributed by atoms with van der Waals surface area (Å²) in [4.78, 5) is 24.8. The van der Waals surface area contributed by atoms with E-state index in [4.69, 9.17) is 4.74 Å². The summed E-state index contributed by atoms with van der Waals surface area (Å²) in [5.41, 5.74) is 2.35. The molecule has 1 aromatic rings. The molecule has 0 aromatic heterocycles. The second-order valence-electron chi connectivity index (χ2n) is 8.54. The summed E-state index contributed by atoms with van der Waals surface area (Å²) in [6.45, 7) is 6.10. The largest absolute Gasteiger partial charge is 0.360 e. The number of amides is 2. The van der Waals surface area contributed by atoms with Crippen molar-refractivity contribution in [1.29, 1.82) is 0 Å². The first-order valence-electron chi connectivity index (χ1n) is 11.0. The molecule has 1 saturated heterocycles. The first kappa shape index (κ1) is 23.7. The summed E-state index contributed by atoms with van der Waals surface area (Å²) in [6.07, 6.45) is 4.72. The minimum atomic E-state index is -3.82. The lowest BCUT2D eigenvalue weighted by molar-refractivity contribution is -0.140. The molecule has 1 aromatic carbocycles. The number of hydrogen-bond donors (Lipinski definition) is 2. The van der Waals surface area contributed by atoms with Gasteiger partial charge in [-0.2, -0.15) is 4.31 Å². The van der Waals surface area contributed by atoms with Crippen LogP contribution in [0.5, 0.6) is 0 Å². The zero-order valence-corrected chi connectivity index (χ0v) is 19.4. The second-order valence-corrected chi connectivity index (χ2v) is 10.4. The number of ether oxygens (including phenoxy) is 1. The molecule has 172 valence electrons. The Labute approximate surface area is 184 Å². The third kappa shape index (κ3) is 5.64. The van der Waals surface area contributed by atoms with E-state index in [1.165, 1.54) is 4.31 Å². The highest BCUT2D eigenvalue weighted by atomic mass is 32.2. The van der Waals surface area contributed by atoms with Gasteiger partial charge < -0.3 is 15.4 Å². The van der Waals surface area contributed by atoms with Crippen LogP contribution in [0.25, 0.3) is 0 Å². The molecule has 8 nitrogen and oxygen atoms in total. The number of carbonyl (C=O) groups is 2. The minimum absolute atomic E-state index is 0.0299. The summed E-state index contributed by atoms with van der Waals surface area (Å²) in [5, 5.41) is 5.32. The van der Waals surface area contributed by atoms with Gasteiger partial charge in [0.15, 0.2) is 0 Å². The molecule has 1 saturated carbocycles. The third-order valence-corrected chi connectivity index (χ3v) is 8.10. The van der Waals surface area contributed by atoms with Crippen molar-refractivity contribution in [2.45, 2.75) is 76.5 Å². The number of hydrogen-bond acceptors (Lipinski definition) is 5. The lowest BCUT2D eigenvalue weighted by Gasteiger charge is -2.35. The van der Waals surface area contributed by atoms with Crippen LogP contribution in [0, 0.1) is 20.8 Å². The Morgan fingerprint density at radius 2 is 1.68 bits per heavy atom. The van der Waals surface area contributed by atoms with Crippen molar-refractivity contribution in [2.24, 2.45) is 0 Å². The van der Waals surface area contributed by atoms with E-state index in [2.05, 4.69) is 10.6 Å². The Bertz CT molecular complexity index is 902. The second kappa shape index (κ2) is 10.1. The maximum Gasteiger partial charge on any atom is 0.309 e. The predicted octanol–water partition coefficient (Wildman–Crippen LogP) is 1.91. The summed E-state index contributed by atoms with van der Waals surface area (Å²) in [7, 11) is -3.82. The Morgan fingerprint density at radius 1 is 1.03 bits per heavy atom. The fourth-order valence-corrected chi connectivity index (χ4v) is 6.53. The van der Waals surface area contributed by atoms with E-state index in [1.54, 1.807) is 13.8 Å². The molecule has 1 aliphatic heterocycles. The number of nitrogens with one attached hydrogen (secondary N) is 2. The van der Waals surface area contributed by atoms with Crippen LogP contribution in [0.1, 0.15) is 55.2 Å². The van der Waals surface area contributed by atoms with E-state index in [1.807, 2.05) is 19.1 Å². The first-order valence-corrected chi connectivity index (χ1v) is 12.4. The molecule has 0 radical (unpaired) electrons. The number of aryl methyl sites for hydroxylation is 3. The van der Waals surface area contributed by atoms with Crippen molar-refractivity contribution >= 4 is 21.8 Å². The van der Waals surface area contributed by atoms with Gasteiger partial charge in [-0.1, -0.05) is 37.0 Å². The molecular weight excluding hydrogens is 418 g/mol. The number of benzene rings is 1. The molecule has 31 heavy (non-hydrogen) atoms. The van der Waals surface area contributed by atoms with Gasteiger partial charge >= 0.3 is 11.8 Å². The zero-order valence-electron chi connectivity index (χ0n) is 18.6. The smallest absolute Gasteiger partial charge is 0.309 e. The number of sulfonamides is 1. The van der Waals surface area contributed by atoms with E-state index in [0.717, 1.165) is 37.7 Å². The molecule has 2 N–H and O–H groups in total. The molecule has 0 unspecified atom stereocenters. The molecular formula is C22H33N3O5S. The number of nitrogens with zero attached hydrogens (tertiary/aromatic N) is 1. The molecule has 1 atom stereocenters. The van der Waals surface area contributed by atoms with Crippen molar-refractivity contribution in [3.8, 4) is 0 Å². The standard InChI is InChI=1S/C22H33N3O5S/c1-15-12-16(2)20(17(3)13-15)31(28,29)25-10-7-11-30-19(25)14-23-21(26)22(27)24-18-8-5-4-6-9-18/h12-13,18-19H,4-11,14H2,1-3H3,(H,23,26)(H,24,27)/t19-/m1/s1. The molecule has 2 amide bonds. The molecule has 1 aliphatic carbocycles. The van der Waals surface area contributed by atoms with Gasteiger partial charge in [0, 0.05) is 12.6 Å². The van der Waals surface area contributed by atoms with Gasteiger partial charge in [-0.15, -0.1) is 0 Å². The number of carbonyl (C=O) groups excluding carboxylic acids is 2. The molecule has 0 spiro atoms. The molecule has 9 heteroatoms. The predicted molar refractivity (Wildman–Crippen MR) is 117 cm³/mol. The summed E-state index contributed by atoms with van der Waals surface area (Å²) in [5.74, 6) is -1.44.